The van der Waals surface area contributed by atoms with Crippen molar-refractivity contribution >= 4 is 22.5 Å². The van der Waals surface area contributed by atoms with Crippen LogP contribution in [0.4, 0.5) is 10.1 Å². The van der Waals surface area contributed by atoms with Gasteiger partial charge in [-0.3, -0.25) is 14.0 Å². The first kappa shape index (κ1) is 20.8. The Morgan fingerprint density at radius 1 is 1.24 bits per heavy atom. The standard InChI is InChI=1S/C24H22FN7O/c1-27-21-7-5-15(11-19(21)25)23-28-22(24(33)31-9-3-4-17(26)13-31)14-32(23)18-6-8-20-16(10-18)12-30(2)29-20/h5-8,10-12,14,17H,3-4,9,13,26H2,2H3/t17-/m1/s1. The molecule has 1 amide bonds. The predicted octanol–water partition coefficient (Wildman–Crippen LogP) is 3.68. The number of likely N-dealkylation sites (tertiary alicyclic amines) is 1. The predicted molar refractivity (Wildman–Crippen MR) is 123 cm³/mol. The maximum Gasteiger partial charge on any atom is 0.274 e. The number of piperidine rings is 1. The molecule has 1 atom stereocenters. The number of aryl methyl sites for hydroxylation is 1. The van der Waals surface area contributed by atoms with Gasteiger partial charge in [-0.1, -0.05) is 12.1 Å². The van der Waals surface area contributed by atoms with Crippen LogP contribution < -0.4 is 5.73 Å². The third-order valence-corrected chi connectivity index (χ3v) is 5.88. The summed E-state index contributed by atoms with van der Waals surface area (Å²) in [7, 11) is 1.85. The van der Waals surface area contributed by atoms with E-state index in [4.69, 9.17) is 12.3 Å². The second-order valence-corrected chi connectivity index (χ2v) is 8.30. The van der Waals surface area contributed by atoms with Crippen molar-refractivity contribution in [3.8, 4) is 17.1 Å². The van der Waals surface area contributed by atoms with Crippen molar-refractivity contribution in [2.45, 2.75) is 18.9 Å². The van der Waals surface area contributed by atoms with Gasteiger partial charge in [0.25, 0.3) is 5.91 Å². The summed E-state index contributed by atoms with van der Waals surface area (Å²) in [4.78, 5) is 22.7. The van der Waals surface area contributed by atoms with Crippen LogP contribution in [0.1, 0.15) is 23.3 Å². The summed E-state index contributed by atoms with van der Waals surface area (Å²) in [5.74, 6) is -0.418. The molecule has 0 saturated carbocycles. The van der Waals surface area contributed by atoms with E-state index >= 15 is 0 Å². The van der Waals surface area contributed by atoms with E-state index in [1.54, 1.807) is 26.4 Å². The van der Waals surface area contributed by atoms with Gasteiger partial charge in [-0.2, -0.15) is 5.10 Å². The summed E-state index contributed by atoms with van der Waals surface area (Å²) in [6.07, 6.45) is 5.32. The third kappa shape index (κ3) is 3.85. The molecular weight excluding hydrogens is 421 g/mol. The van der Waals surface area contributed by atoms with Crippen LogP contribution in [0.2, 0.25) is 0 Å². The quantitative estimate of drug-likeness (QED) is 0.490. The van der Waals surface area contributed by atoms with Crippen molar-refractivity contribution in [3.63, 3.8) is 0 Å². The summed E-state index contributed by atoms with van der Waals surface area (Å²) in [6, 6.07) is 10.0. The molecule has 1 fully saturated rings. The maximum absolute atomic E-state index is 14.4. The molecule has 1 aliphatic heterocycles. The highest BCUT2D eigenvalue weighted by molar-refractivity contribution is 5.93. The van der Waals surface area contributed by atoms with Gasteiger partial charge in [0.15, 0.2) is 0 Å². The van der Waals surface area contributed by atoms with E-state index in [0.29, 0.717) is 24.5 Å². The number of amides is 1. The smallest absolute Gasteiger partial charge is 0.274 e. The van der Waals surface area contributed by atoms with Gasteiger partial charge in [0.2, 0.25) is 5.69 Å². The van der Waals surface area contributed by atoms with E-state index in [9.17, 15) is 9.18 Å². The van der Waals surface area contributed by atoms with Crippen LogP contribution in [0, 0.1) is 12.4 Å². The molecule has 0 spiro atoms. The number of carbonyl (C=O) groups is 1. The SMILES string of the molecule is [C-]#[N+]c1ccc(-c2nc(C(=O)N3CCC[C@@H](N)C3)cn2-c2ccc3nn(C)cc3c2)cc1F. The summed E-state index contributed by atoms with van der Waals surface area (Å²) in [5.41, 5.74) is 8.35. The van der Waals surface area contributed by atoms with Gasteiger partial charge in [0.05, 0.1) is 12.1 Å². The number of nitrogens with zero attached hydrogens (tertiary/aromatic N) is 6. The summed E-state index contributed by atoms with van der Waals surface area (Å²) >= 11 is 0. The molecule has 8 nitrogen and oxygen atoms in total. The first-order chi connectivity index (χ1) is 15.9. The second kappa shape index (κ2) is 8.15. The number of benzene rings is 2. The lowest BCUT2D eigenvalue weighted by atomic mass is 10.1. The van der Waals surface area contributed by atoms with Crippen molar-refractivity contribution in [3.05, 3.63) is 71.7 Å². The number of nitrogens with two attached hydrogens (primary N) is 1. The highest BCUT2D eigenvalue weighted by Gasteiger charge is 2.26. The number of aromatic nitrogens is 4. The summed E-state index contributed by atoms with van der Waals surface area (Å²) in [5, 5.41) is 5.33. The van der Waals surface area contributed by atoms with E-state index < -0.39 is 5.82 Å². The number of hydrogen-bond acceptors (Lipinski definition) is 4. The number of rotatable bonds is 3. The molecule has 1 saturated heterocycles. The Morgan fingerprint density at radius 3 is 2.85 bits per heavy atom. The molecular formula is C24H22FN7O. The second-order valence-electron chi connectivity index (χ2n) is 8.30. The molecule has 4 aromatic rings. The molecule has 2 aromatic heterocycles. The molecule has 0 bridgehead atoms. The highest BCUT2D eigenvalue weighted by Crippen LogP contribution is 2.29. The van der Waals surface area contributed by atoms with Crippen LogP contribution in [0.5, 0.6) is 0 Å². The zero-order valence-electron chi connectivity index (χ0n) is 18.1. The van der Waals surface area contributed by atoms with E-state index in [0.717, 1.165) is 29.4 Å². The van der Waals surface area contributed by atoms with Crippen molar-refractivity contribution in [1.82, 2.24) is 24.2 Å². The Labute approximate surface area is 189 Å². The van der Waals surface area contributed by atoms with E-state index in [2.05, 4.69) is 14.9 Å². The number of fused-ring (bicyclic) bond motifs is 1. The molecule has 0 radical (unpaired) electrons. The Hall–Kier alpha value is -4.03. The van der Waals surface area contributed by atoms with Gasteiger partial charge in [0, 0.05) is 55.2 Å². The molecule has 9 heteroatoms. The van der Waals surface area contributed by atoms with Crippen LogP contribution >= 0.6 is 0 Å². The van der Waals surface area contributed by atoms with E-state index in [1.165, 1.54) is 12.1 Å². The zero-order valence-corrected chi connectivity index (χ0v) is 18.1. The molecule has 166 valence electrons. The van der Waals surface area contributed by atoms with Crippen LogP contribution in [0.3, 0.4) is 0 Å². The minimum Gasteiger partial charge on any atom is -0.336 e. The van der Waals surface area contributed by atoms with Crippen LogP contribution in [0.15, 0.2) is 48.8 Å². The van der Waals surface area contributed by atoms with Crippen LogP contribution in [-0.2, 0) is 7.05 Å². The third-order valence-electron chi connectivity index (χ3n) is 5.88. The van der Waals surface area contributed by atoms with Crippen LogP contribution in [0.25, 0.3) is 32.8 Å². The molecule has 0 unspecified atom stereocenters. The molecule has 0 aliphatic carbocycles. The molecule has 33 heavy (non-hydrogen) atoms. The van der Waals surface area contributed by atoms with Gasteiger partial charge in [-0.05, 0) is 37.1 Å². The fourth-order valence-electron chi connectivity index (χ4n) is 4.26. The van der Waals surface area contributed by atoms with Gasteiger partial charge in [-0.15, -0.1) is 0 Å². The molecule has 3 heterocycles. The topological polar surface area (TPSA) is 86.3 Å². The first-order valence-electron chi connectivity index (χ1n) is 10.7. The number of hydrogen-bond donors (Lipinski definition) is 1. The minimum absolute atomic E-state index is 0.0486. The average Bonchev–Trinajstić information content (AvgIpc) is 3.41. The van der Waals surface area contributed by atoms with Gasteiger partial charge < -0.3 is 10.6 Å². The largest absolute Gasteiger partial charge is 0.336 e. The average molecular weight is 443 g/mol. The number of carbonyl (C=O) groups excluding carboxylic acids is 1. The monoisotopic (exact) mass is 443 g/mol. The van der Waals surface area contributed by atoms with Gasteiger partial charge >= 0.3 is 0 Å². The number of imidazole rings is 1. The molecule has 2 aromatic carbocycles. The van der Waals surface area contributed by atoms with Gasteiger partial charge in [-0.25, -0.2) is 14.2 Å². The van der Waals surface area contributed by atoms with Crippen molar-refractivity contribution < 1.29 is 9.18 Å². The van der Waals surface area contributed by atoms with Crippen LogP contribution in [-0.4, -0.2) is 49.3 Å². The highest BCUT2D eigenvalue weighted by atomic mass is 19.1. The summed E-state index contributed by atoms with van der Waals surface area (Å²) < 4.78 is 17.9. The van der Waals surface area contributed by atoms with Crippen molar-refractivity contribution in [2.24, 2.45) is 12.8 Å². The Morgan fingerprint density at radius 2 is 2.09 bits per heavy atom. The lowest BCUT2D eigenvalue weighted by Gasteiger charge is -2.30. The molecule has 2 N–H and O–H groups in total. The zero-order chi connectivity index (χ0) is 23.1. The Balaban J connectivity index is 1.63. The van der Waals surface area contributed by atoms with E-state index in [-0.39, 0.29) is 23.3 Å². The molecule has 1 aliphatic rings. The van der Waals surface area contributed by atoms with E-state index in [1.807, 2.05) is 31.4 Å². The lowest BCUT2D eigenvalue weighted by Crippen LogP contribution is -2.45. The Bertz CT molecular complexity index is 1410. The van der Waals surface area contributed by atoms with Crippen molar-refractivity contribution in [2.75, 3.05) is 13.1 Å². The molecule has 5 rings (SSSR count). The number of halogens is 1. The van der Waals surface area contributed by atoms with Crippen molar-refractivity contribution in [1.29, 1.82) is 0 Å². The normalized spacial score (nSPS) is 16.2. The van der Waals surface area contributed by atoms with Gasteiger partial charge in [0.1, 0.15) is 17.3 Å². The fraction of sp³-hybridized carbons (Fsp3) is 0.250. The minimum atomic E-state index is -0.630. The maximum atomic E-state index is 14.4. The lowest BCUT2D eigenvalue weighted by molar-refractivity contribution is 0.0703. The first-order valence-corrected chi connectivity index (χ1v) is 10.7. The summed E-state index contributed by atoms with van der Waals surface area (Å²) in [6.45, 7) is 8.21. The Kier molecular flexibility index (Phi) is 5.15. The fourth-order valence-corrected chi connectivity index (χ4v) is 4.26.